The Kier molecular flexibility index (Phi) is 2.15. The van der Waals surface area contributed by atoms with E-state index in [1.807, 2.05) is 0 Å². The van der Waals surface area contributed by atoms with Gasteiger partial charge in [0.2, 0.25) is 0 Å². The van der Waals surface area contributed by atoms with Crippen LogP contribution in [0, 0.1) is 0 Å². The second kappa shape index (κ2) is 1.74. The third-order valence-corrected chi connectivity index (χ3v) is 0. The SMILES string of the molecule is ClC(Cl)(Cl)Cl.[H]. The largest absolute Gasteiger partial charge is 0.266 e. The first-order chi connectivity index (χ1) is 2.00. The van der Waals surface area contributed by atoms with Crippen LogP contribution in [-0.4, -0.2) is 3.25 Å². The fourth-order valence-electron chi connectivity index (χ4n) is 0. The predicted molar refractivity (Wildman–Crippen MR) is 27.3 cm³/mol. The lowest BCUT2D eigenvalue weighted by atomic mass is 11.8. The zero-order valence-electron chi connectivity index (χ0n) is 3.01. The molecule has 0 aliphatic heterocycles. The molecule has 0 spiro atoms. The third kappa shape index (κ3) is 38.3. The molecule has 0 saturated heterocycles. The van der Waals surface area contributed by atoms with Crippen molar-refractivity contribution >= 4 is 46.4 Å². The first-order valence-electron chi connectivity index (χ1n) is 0.756. The minimum Gasteiger partial charge on any atom is -0.0664 e. The van der Waals surface area contributed by atoms with Gasteiger partial charge in [0.05, 0.1) is 0 Å². The van der Waals surface area contributed by atoms with Gasteiger partial charge in [0.15, 0.2) is 0 Å². The molecule has 4 heteroatoms. The van der Waals surface area contributed by atoms with Crippen molar-refractivity contribution in [2.45, 2.75) is 3.25 Å². The topological polar surface area (TPSA) is 0 Å². The molecule has 5 heavy (non-hydrogen) atoms. The van der Waals surface area contributed by atoms with Gasteiger partial charge in [0, 0.05) is 1.43 Å². The number of alkyl halides is 4. The standard InChI is InChI=1S/CCl4.H/c2-1(3,4)5;. The summed E-state index contributed by atoms with van der Waals surface area (Å²) in [7, 11) is 0. The predicted octanol–water partition coefficient (Wildman–Crippen LogP) is 2.67. The van der Waals surface area contributed by atoms with Crippen LogP contribution in [0.25, 0.3) is 0 Å². The van der Waals surface area contributed by atoms with E-state index in [4.69, 9.17) is 46.4 Å². The first kappa shape index (κ1) is 6.16. The lowest BCUT2D eigenvalue weighted by molar-refractivity contribution is 1.76. The Morgan fingerprint density at radius 2 is 1.00 bits per heavy atom. The maximum absolute atomic E-state index is 4.83. The van der Waals surface area contributed by atoms with E-state index >= 15 is 0 Å². The maximum atomic E-state index is 4.83. The second-order valence-electron chi connectivity index (χ2n) is 0.429. The number of hydrogen-bond acceptors (Lipinski definition) is 0. The van der Waals surface area contributed by atoms with Crippen LogP contribution >= 0.6 is 46.4 Å². The third-order valence-electron chi connectivity index (χ3n) is 0. The Morgan fingerprint density at radius 3 is 1.00 bits per heavy atom. The molecule has 0 amide bonds. The lowest BCUT2D eigenvalue weighted by Gasteiger charge is -1.91. The Hall–Kier alpha value is 1.16. The van der Waals surface area contributed by atoms with Gasteiger partial charge >= 0.3 is 0 Å². The van der Waals surface area contributed by atoms with Gasteiger partial charge < -0.3 is 0 Å². The van der Waals surface area contributed by atoms with Crippen molar-refractivity contribution < 1.29 is 1.43 Å². The van der Waals surface area contributed by atoms with Crippen molar-refractivity contribution in [2.24, 2.45) is 0 Å². The van der Waals surface area contributed by atoms with Gasteiger partial charge in [0.25, 0.3) is 3.25 Å². The summed E-state index contributed by atoms with van der Waals surface area (Å²) in [5.41, 5.74) is 0. The first-order valence-corrected chi connectivity index (χ1v) is 2.27. The van der Waals surface area contributed by atoms with Crippen LogP contribution in [0.1, 0.15) is 1.43 Å². The molecule has 0 nitrogen and oxygen atoms in total. The molecule has 0 atom stereocenters. The van der Waals surface area contributed by atoms with Crippen molar-refractivity contribution in [3.8, 4) is 0 Å². The summed E-state index contributed by atoms with van der Waals surface area (Å²) >= 11 is 19.3. The minimum absolute atomic E-state index is 0. The van der Waals surface area contributed by atoms with E-state index in [-0.39, 0.29) is 1.43 Å². The van der Waals surface area contributed by atoms with Crippen molar-refractivity contribution in [3.05, 3.63) is 0 Å². The van der Waals surface area contributed by atoms with Crippen LogP contribution < -0.4 is 0 Å². The smallest absolute Gasteiger partial charge is 0.0664 e. The van der Waals surface area contributed by atoms with Gasteiger partial charge in [-0.15, -0.1) is 0 Å². The van der Waals surface area contributed by atoms with Crippen LogP contribution in [0.15, 0.2) is 0 Å². The zero-order valence-corrected chi connectivity index (χ0v) is 5.04. The van der Waals surface area contributed by atoms with E-state index in [1.54, 1.807) is 0 Å². The highest BCUT2D eigenvalue weighted by Crippen LogP contribution is 2.29. The Bertz CT molecular complexity index is 23.0. The lowest BCUT2D eigenvalue weighted by Crippen LogP contribution is -1.81. The molecule has 0 aromatic rings. The van der Waals surface area contributed by atoms with E-state index in [9.17, 15) is 0 Å². The molecule has 0 N–H and O–H groups in total. The van der Waals surface area contributed by atoms with Crippen LogP contribution in [-0.2, 0) is 0 Å². The minimum atomic E-state index is -1.61. The van der Waals surface area contributed by atoms with Gasteiger partial charge in [-0.3, -0.25) is 0 Å². The van der Waals surface area contributed by atoms with Crippen molar-refractivity contribution in [1.29, 1.82) is 0 Å². The van der Waals surface area contributed by atoms with Crippen molar-refractivity contribution in [3.63, 3.8) is 0 Å². The molecule has 0 aliphatic rings. The molecule has 0 unspecified atom stereocenters. The van der Waals surface area contributed by atoms with Crippen LogP contribution in [0.4, 0.5) is 0 Å². The maximum Gasteiger partial charge on any atom is 0.266 e. The highest BCUT2D eigenvalue weighted by molar-refractivity contribution is 6.83. The molecule has 33 valence electrons. The second-order valence-corrected chi connectivity index (χ2v) is 3.86. The van der Waals surface area contributed by atoms with Gasteiger partial charge in [-0.1, -0.05) is 46.4 Å². The Balaban J connectivity index is 0. The van der Waals surface area contributed by atoms with E-state index in [2.05, 4.69) is 0 Å². The van der Waals surface area contributed by atoms with Gasteiger partial charge in [-0.05, 0) is 0 Å². The van der Waals surface area contributed by atoms with Crippen LogP contribution in [0.3, 0.4) is 0 Å². The van der Waals surface area contributed by atoms with Gasteiger partial charge in [0.1, 0.15) is 0 Å². The molecular formula is CHCl4. The summed E-state index contributed by atoms with van der Waals surface area (Å²) in [6.07, 6.45) is 0. The normalized spacial score (nSPS) is 12.0. The fourth-order valence-corrected chi connectivity index (χ4v) is 0. The van der Waals surface area contributed by atoms with E-state index in [0.29, 0.717) is 0 Å². The highest BCUT2D eigenvalue weighted by atomic mass is 35.6. The molecule has 0 aromatic heterocycles. The van der Waals surface area contributed by atoms with E-state index in [1.165, 1.54) is 0 Å². The molecule has 0 aromatic carbocycles. The summed E-state index contributed by atoms with van der Waals surface area (Å²) < 4.78 is -1.61. The molecule has 0 rings (SSSR count). The van der Waals surface area contributed by atoms with Crippen molar-refractivity contribution in [1.82, 2.24) is 0 Å². The van der Waals surface area contributed by atoms with Gasteiger partial charge in [-0.2, -0.15) is 0 Å². The van der Waals surface area contributed by atoms with Crippen LogP contribution in [0.5, 0.6) is 0 Å². The average molecular weight is 155 g/mol. The number of halogens is 4. The monoisotopic (exact) mass is 153 g/mol. The fraction of sp³-hybridized carbons (Fsp3) is 1.00. The molecule has 0 heterocycles. The molecule has 0 fully saturated rings. The zero-order chi connectivity index (χ0) is 4.50. The summed E-state index contributed by atoms with van der Waals surface area (Å²) in [5, 5.41) is 0. The Labute approximate surface area is 51.4 Å². The molecule has 0 bridgehead atoms. The summed E-state index contributed by atoms with van der Waals surface area (Å²) in [4.78, 5) is 0. The number of hydrogen-bond donors (Lipinski definition) is 0. The molecule has 0 saturated carbocycles. The molecule has 0 aliphatic carbocycles. The van der Waals surface area contributed by atoms with Gasteiger partial charge in [-0.25, -0.2) is 0 Å². The average Bonchev–Trinajstić information content (AvgIpc) is 0.722. The Morgan fingerprint density at radius 1 is 1.00 bits per heavy atom. The summed E-state index contributed by atoms with van der Waals surface area (Å²) in [6.45, 7) is 0. The molecule has 1 radical (unpaired) electrons. The van der Waals surface area contributed by atoms with E-state index < -0.39 is 3.25 Å². The summed E-state index contributed by atoms with van der Waals surface area (Å²) in [6, 6.07) is 0. The highest BCUT2D eigenvalue weighted by Gasteiger charge is 2.11. The van der Waals surface area contributed by atoms with Crippen LogP contribution in [0.2, 0.25) is 0 Å². The molecular weight excluding hydrogens is 154 g/mol. The quantitative estimate of drug-likeness (QED) is 0.471. The van der Waals surface area contributed by atoms with E-state index in [0.717, 1.165) is 0 Å². The number of rotatable bonds is 0. The summed E-state index contributed by atoms with van der Waals surface area (Å²) in [5.74, 6) is 0. The van der Waals surface area contributed by atoms with Crippen molar-refractivity contribution in [2.75, 3.05) is 0 Å².